The number of carbonyl (C=O) groups is 1. The zero-order chi connectivity index (χ0) is 16.5. The van der Waals surface area contributed by atoms with E-state index in [4.69, 9.17) is 4.74 Å². The Bertz CT molecular complexity index is 489. The van der Waals surface area contributed by atoms with E-state index in [0.717, 1.165) is 29.9 Å². The van der Waals surface area contributed by atoms with Crippen LogP contribution in [0, 0.1) is 11.2 Å². The highest BCUT2D eigenvalue weighted by atomic mass is 32.2. The molecule has 0 spiro atoms. The largest absolute Gasteiger partial charge is 0.396 e. The first kappa shape index (κ1) is 18.2. The fourth-order valence-corrected chi connectivity index (χ4v) is 3.41. The SMILES string of the molecule is O=C(CCSCc1ccc(F)cc1)NCC1(CO)CCOCC1. The summed E-state index contributed by atoms with van der Waals surface area (Å²) in [5.41, 5.74) is 0.827. The summed E-state index contributed by atoms with van der Waals surface area (Å²) in [6, 6.07) is 6.42. The van der Waals surface area contributed by atoms with Gasteiger partial charge in [0, 0.05) is 43.1 Å². The molecule has 0 saturated carbocycles. The third-order valence-electron chi connectivity index (χ3n) is 4.20. The number of aliphatic hydroxyl groups excluding tert-OH is 1. The van der Waals surface area contributed by atoms with Crippen LogP contribution in [0.2, 0.25) is 0 Å². The minimum Gasteiger partial charge on any atom is -0.396 e. The molecule has 2 N–H and O–H groups in total. The van der Waals surface area contributed by atoms with Crippen LogP contribution in [0.1, 0.15) is 24.8 Å². The van der Waals surface area contributed by atoms with E-state index < -0.39 is 0 Å². The minimum absolute atomic E-state index is 0.0101. The molecule has 1 heterocycles. The fraction of sp³-hybridized carbons (Fsp3) is 0.588. The number of thioether (sulfide) groups is 1. The number of amides is 1. The Morgan fingerprint density at radius 3 is 2.65 bits per heavy atom. The van der Waals surface area contributed by atoms with Crippen LogP contribution in [-0.4, -0.2) is 43.1 Å². The first-order valence-electron chi connectivity index (χ1n) is 7.91. The van der Waals surface area contributed by atoms with Gasteiger partial charge >= 0.3 is 0 Å². The number of aliphatic hydroxyl groups is 1. The Labute approximate surface area is 140 Å². The van der Waals surface area contributed by atoms with Gasteiger partial charge in [-0.1, -0.05) is 12.1 Å². The summed E-state index contributed by atoms with van der Waals surface area (Å²) < 4.78 is 18.1. The van der Waals surface area contributed by atoms with Crippen molar-refractivity contribution in [1.29, 1.82) is 0 Å². The van der Waals surface area contributed by atoms with Gasteiger partial charge in [-0.3, -0.25) is 4.79 Å². The first-order valence-corrected chi connectivity index (χ1v) is 9.06. The van der Waals surface area contributed by atoms with Crippen molar-refractivity contribution in [2.75, 3.05) is 32.1 Å². The summed E-state index contributed by atoms with van der Waals surface area (Å²) in [5.74, 6) is 1.27. The van der Waals surface area contributed by atoms with E-state index in [0.29, 0.717) is 26.2 Å². The predicted octanol–water partition coefficient (Wildman–Crippen LogP) is 2.35. The highest BCUT2D eigenvalue weighted by Crippen LogP contribution is 2.29. The Hall–Kier alpha value is -1.11. The van der Waals surface area contributed by atoms with E-state index in [1.54, 1.807) is 23.9 Å². The van der Waals surface area contributed by atoms with Gasteiger partial charge in [-0.15, -0.1) is 0 Å². The number of carbonyl (C=O) groups excluding carboxylic acids is 1. The van der Waals surface area contributed by atoms with Gasteiger partial charge in [0.05, 0.1) is 6.61 Å². The molecule has 0 unspecified atom stereocenters. The second-order valence-electron chi connectivity index (χ2n) is 5.98. The van der Waals surface area contributed by atoms with Crippen molar-refractivity contribution in [3.8, 4) is 0 Å². The molecule has 1 aliphatic heterocycles. The molecule has 1 aromatic carbocycles. The summed E-state index contributed by atoms with van der Waals surface area (Å²) in [6.07, 6.45) is 2.01. The maximum absolute atomic E-state index is 12.8. The third kappa shape index (κ3) is 6.12. The highest BCUT2D eigenvalue weighted by Gasteiger charge is 2.32. The number of nitrogens with one attached hydrogen (secondary N) is 1. The van der Waals surface area contributed by atoms with Crippen molar-refractivity contribution < 1.29 is 19.0 Å². The van der Waals surface area contributed by atoms with E-state index >= 15 is 0 Å². The van der Waals surface area contributed by atoms with Crippen LogP contribution in [0.15, 0.2) is 24.3 Å². The lowest BCUT2D eigenvalue weighted by atomic mass is 9.81. The van der Waals surface area contributed by atoms with Crippen molar-refractivity contribution in [2.45, 2.75) is 25.0 Å². The molecule has 0 aromatic heterocycles. The molecule has 1 aliphatic rings. The Kier molecular flexibility index (Phi) is 7.33. The number of halogens is 1. The fourth-order valence-electron chi connectivity index (χ4n) is 2.51. The third-order valence-corrected chi connectivity index (χ3v) is 5.24. The van der Waals surface area contributed by atoms with Gasteiger partial charge in [-0.2, -0.15) is 11.8 Å². The van der Waals surface area contributed by atoms with Crippen molar-refractivity contribution >= 4 is 17.7 Å². The Morgan fingerprint density at radius 2 is 2.00 bits per heavy atom. The number of rotatable bonds is 8. The van der Waals surface area contributed by atoms with Gasteiger partial charge in [0.2, 0.25) is 5.91 Å². The number of ether oxygens (including phenoxy) is 1. The van der Waals surface area contributed by atoms with Crippen molar-refractivity contribution in [2.24, 2.45) is 5.41 Å². The topological polar surface area (TPSA) is 58.6 Å². The minimum atomic E-state index is -0.232. The second kappa shape index (κ2) is 9.25. The molecule has 128 valence electrons. The van der Waals surface area contributed by atoms with Crippen LogP contribution in [0.5, 0.6) is 0 Å². The van der Waals surface area contributed by atoms with Crippen LogP contribution in [0.3, 0.4) is 0 Å². The molecule has 4 nitrogen and oxygen atoms in total. The Morgan fingerprint density at radius 1 is 1.30 bits per heavy atom. The molecule has 23 heavy (non-hydrogen) atoms. The summed E-state index contributed by atoms with van der Waals surface area (Å²) in [6.45, 7) is 1.87. The highest BCUT2D eigenvalue weighted by molar-refractivity contribution is 7.98. The summed E-state index contributed by atoms with van der Waals surface area (Å²) in [5, 5.41) is 12.5. The lowest BCUT2D eigenvalue weighted by Crippen LogP contribution is -2.43. The van der Waals surface area contributed by atoms with Gasteiger partial charge in [-0.25, -0.2) is 4.39 Å². The van der Waals surface area contributed by atoms with Crippen LogP contribution in [-0.2, 0) is 15.3 Å². The van der Waals surface area contributed by atoms with Gasteiger partial charge in [0.25, 0.3) is 0 Å². The van der Waals surface area contributed by atoms with E-state index in [1.165, 1.54) is 12.1 Å². The van der Waals surface area contributed by atoms with Gasteiger partial charge in [-0.05, 0) is 30.5 Å². The quantitative estimate of drug-likeness (QED) is 0.713. The molecule has 0 bridgehead atoms. The average Bonchev–Trinajstić information content (AvgIpc) is 2.59. The molecule has 0 aliphatic carbocycles. The standard InChI is InChI=1S/C17H24FNO3S/c18-15-3-1-14(2-4-15)11-23-10-5-16(21)19-12-17(13-20)6-8-22-9-7-17/h1-4,20H,5-13H2,(H,19,21). The maximum atomic E-state index is 12.8. The molecule has 1 saturated heterocycles. The lowest BCUT2D eigenvalue weighted by Gasteiger charge is -2.35. The number of hydrogen-bond acceptors (Lipinski definition) is 4. The van der Waals surface area contributed by atoms with Gasteiger partial charge in [0.15, 0.2) is 0 Å². The predicted molar refractivity (Wildman–Crippen MR) is 89.8 cm³/mol. The summed E-state index contributed by atoms with van der Waals surface area (Å²) in [4.78, 5) is 11.9. The zero-order valence-corrected chi connectivity index (χ0v) is 14.0. The first-order chi connectivity index (χ1) is 11.1. The van der Waals surface area contributed by atoms with E-state index in [-0.39, 0.29) is 23.7 Å². The maximum Gasteiger partial charge on any atom is 0.220 e. The molecule has 6 heteroatoms. The monoisotopic (exact) mass is 341 g/mol. The molecule has 1 fully saturated rings. The van der Waals surface area contributed by atoms with Crippen molar-refractivity contribution in [3.05, 3.63) is 35.6 Å². The molecule has 1 aromatic rings. The van der Waals surface area contributed by atoms with E-state index in [1.807, 2.05) is 0 Å². The Balaban J connectivity index is 1.62. The molecular formula is C17H24FNO3S. The number of benzene rings is 1. The smallest absolute Gasteiger partial charge is 0.220 e. The molecule has 2 rings (SSSR count). The zero-order valence-electron chi connectivity index (χ0n) is 13.2. The molecule has 1 amide bonds. The molecule has 0 atom stereocenters. The van der Waals surface area contributed by atoms with E-state index in [2.05, 4.69) is 5.32 Å². The van der Waals surface area contributed by atoms with Crippen molar-refractivity contribution in [1.82, 2.24) is 5.32 Å². The summed E-state index contributed by atoms with van der Waals surface area (Å²) in [7, 11) is 0. The van der Waals surface area contributed by atoms with Crippen LogP contribution < -0.4 is 5.32 Å². The van der Waals surface area contributed by atoms with Crippen LogP contribution in [0.4, 0.5) is 4.39 Å². The molecule has 0 radical (unpaired) electrons. The van der Waals surface area contributed by atoms with Gasteiger partial charge < -0.3 is 15.2 Å². The van der Waals surface area contributed by atoms with Gasteiger partial charge in [0.1, 0.15) is 5.82 Å². The van der Waals surface area contributed by atoms with E-state index in [9.17, 15) is 14.3 Å². The second-order valence-corrected chi connectivity index (χ2v) is 7.08. The van der Waals surface area contributed by atoms with Crippen molar-refractivity contribution in [3.63, 3.8) is 0 Å². The summed E-state index contributed by atoms with van der Waals surface area (Å²) >= 11 is 1.65. The van der Waals surface area contributed by atoms with Crippen LogP contribution >= 0.6 is 11.8 Å². The molecular weight excluding hydrogens is 317 g/mol. The average molecular weight is 341 g/mol. The lowest BCUT2D eigenvalue weighted by molar-refractivity contribution is -0.122. The number of hydrogen-bond donors (Lipinski definition) is 2. The van der Waals surface area contributed by atoms with Crippen LogP contribution in [0.25, 0.3) is 0 Å². The normalized spacial score (nSPS) is 17.0.